The number of nitrogens with zero attached hydrogens (tertiary/aromatic N) is 1. The first-order valence-electron chi connectivity index (χ1n) is 12.3. The van der Waals surface area contributed by atoms with Crippen LogP contribution in [0, 0.1) is 5.92 Å². The van der Waals surface area contributed by atoms with Crippen molar-refractivity contribution in [3.63, 3.8) is 0 Å². The molecular weight excluding hydrogens is 430 g/mol. The zero-order valence-electron chi connectivity index (χ0n) is 19.4. The van der Waals surface area contributed by atoms with Crippen molar-refractivity contribution in [3.05, 3.63) is 59.7 Å². The Morgan fingerprint density at radius 1 is 0.879 bits per heavy atom. The molecule has 2 amide bonds. The van der Waals surface area contributed by atoms with Gasteiger partial charge in [0.05, 0.1) is 11.3 Å². The van der Waals surface area contributed by atoms with Crippen molar-refractivity contribution in [2.24, 2.45) is 5.92 Å². The second-order valence-electron chi connectivity index (χ2n) is 9.10. The average Bonchev–Trinajstić information content (AvgIpc) is 3.41. The number of para-hydroxylation sites is 1. The molecule has 1 aliphatic carbocycles. The number of benzene rings is 2. The minimum Gasteiger partial charge on any atom is -0.371 e. The first-order chi connectivity index (χ1) is 16.2. The molecule has 0 aromatic heterocycles. The number of nitrogens with one attached hydrogen (secondary N) is 2. The minimum atomic E-state index is -0.100. The van der Waals surface area contributed by atoms with Crippen LogP contribution in [-0.2, 0) is 11.3 Å². The summed E-state index contributed by atoms with van der Waals surface area (Å²) in [5.41, 5.74) is 2.98. The number of carbonyl (C=O) groups excluding carboxylic acids is 2. The normalized spacial score (nSPS) is 16.5. The second-order valence-corrected chi connectivity index (χ2v) is 10.1. The minimum absolute atomic E-state index is 0.0420. The monoisotopic (exact) mass is 465 g/mol. The molecule has 0 spiro atoms. The van der Waals surface area contributed by atoms with E-state index in [0.29, 0.717) is 23.8 Å². The molecule has 1 aliphatic heterocycles. The average molecular weight is 466 g/mol. The highest BCUT2D eigenvalue weighted by Gasteiger charge is 2.18. The quantitative estimate of drug-likeness (QED) is 0.511. The highest BCUT2D eigenvalue weighted by molar-refractivity contribution is 8.00. The lowest BCUT2D eigenvalue weighted by Gasteiger charge is -2.22. The topological polar surface area (TPSA) is 61.4 Å². The van der Waals surface area contributed by atoms with Gasteiger partial charge in [-0.15, -0.1) is 11.8 Å². The predicted molar refractivity (Wildman–Crippen MR) is 136 cm³/mol. The smallest absolute Gasteiger partial charge is 0.252 e. The molecule has 0 unspecified atom stereocenters. The van der Waals surface area contributed by atoms with Gasteiger partial charge < -0.3 is 15.5 Å². The standard InChI is InChI=1S/C27H35N3O2S/c31-26(28-18-21-10-2-1-3-11-21)20-33-25-15-7-5-13-23(25)27(32)29-19-22-12-4-6-14-24(22)30-16-8-9-17-30/h4-7,12-15,21H,1-3,8-11,16-20H2,(H,28,31)(H,29,32). The molecule has 2 aromatic carbocycles. The summed E-state index contributed by atoms with van der Waals surface area (Å²) < 4.78 is 0. The van der Waals surface area contributed by atoms with Gasteiger partial charge in [0.1, 0.15) is 0 Å². The molecule has 4 rings (SSSR count). The molecule has 2 fully saturated rings. The van der Waals surface area contributed by atoms with Crippen LogP contribution in [0.15, 0.2) is 53.4 Å². The van der Waals surface area contributed by atoms with E-state index in [1.54, 1.807) is 0 Å². The number of thioether (sulfide) groups is 1. The van der Waals surface area contributed by atoms with Crippen LogP contribution < -0.4 is 15.5 Å². The zero-order chi connectivity index (χ0) is 22.9. The van der Waals surface area contributed by atoms with Crippen LogP contribution in [0.1, 0.15) is 60.9 Å². The Hall–Kier alpha value is -2.47. The molecule has 1 heterocycles. The molecule has 2 N–H and O–H groups in total. The molecule has 6 heteroatoms. The van der Waals surface area contributed by atoms with E-state index in [2.05, 4.69) is 33.7 Å². The summed E-state index contributed by atoms with van der Waals surface area (Å²) in [5.74, 6) is 0.890. The van der Waals surface area contributed by atoms with E-state index in [1.165, 1.54) is 62.4 Å². The molecule has 1 saturated heterocycles. The number of anilines is 1. The lowest BCUT2D eigenvalue weighted by Crippen LogP contribution is -2.31. The van der Waals surface area contributed by atoms with Gasteiger partial charge in [-0.25, -0.2) is 0 Å². The number of amides is 2. The number of hydrogen-bond acceptors (Lipinski definition) is 4. The summed E-state index contributed by atoms with van der Waals surface area (Å²) >= 11 is 1.43. The first-order valence-corrected chi connectivity index (χ1v) is 13.3. The molecular formula is C27H35N3O2S. The maximum Gasteiger partial charge on any atom is 0.252 e. The Balaban J connectivity index is 1.30. The third kappa shape index (κ3) is 6.76. The molecule has 1 saturated carbocycles. The van der Waals surface area contributed by atoms with Crippen molar-refractivity contribution in [3.8, 4) is 0 Å². The second kappa shape index (κ2) is 12.1. The van der Waals surface area contributed by atoms with Crippen molar-refractivity contribution in [2.45, 2.75) is 56.4 Å². The van der Waals surface area contributed by atoms with Gasteiger partial charge in [-0.3, -0.25) is 9.59 Å². The Bertz CT molecular complexity index is 936. The van der Waals surface area contributed by atoms with Crippen molar-refractivity contribution < 1.29 is 9.59 Å². The lowest BCUT2D eigenvalue weighted by molar-refractivity contribution is -0.118. The molecule has 0 radical (unpaired) electrons. The fourth-order valence-electron chi connectivity index (χ4n) is 4.82. The summed E-state index contributed by atoms with van der Waals surface area (Å²) in [6.45, 7) is 3.42. The molecule has 0 bridgehead atoms. The summed E-state index contributed by atoms with van der Waals surface area (Å²) in [6, 6.07) is 15.9. The van der Waals surface area contributed by atoms with Crippen molar-refractivity contribution in [2.75, 3.05) is 30.3 Å². The van der Waals surface area contributed by atoms with Crippen LogP contribution in [0.25, 0.3) is 0 Å². The van der Waals surface area contributed by atoms with E-state index in [0.717, 1.165) is 30.1 Å². The summed E-state index contributed by atoms with van der Waals surface area (Å²) in [4.78, 5) is 28.6. The summed E-state index contributed by atoms with van der Waals surface area (Å²) in [6.07, 6.45) is 8.76. The van der Waals surface area contributed by atoms with Gasteiger partial charge in [0.2, 0.25) is 5.91 Å². The fraction of sp³-hybridized carbons (Fsp3) is 0.481. The lowest BCUT2D eigenvalue weighted by atomic mass is 9.89. The van der Waals surface area contributed by atoms with Crippen LogP contribution >= 0.6 is 11.8 Å². The van der Waals surface area contributed by atoms with Crippen LogP contribution in [-0.4, -0.2) is 37.2 Å². The maximum absolute atomic E-state index is 13.0. The zero-order valence-corrected chi connectivity index (χ0v) is 20.2. The van der Waals surface area contributed by atoms with Crippen LogP contribution in [0.2, 0.25) is 0 Å². The van der Waals surface area contributed by atoms with Gasteiger partial charge in [-0.1, -0.05) is 49.6 Å². The highest BCUT2D eigenvalue weighted by atomic mass is 32.2. The van der Waals surface area contributed by atoms with Gasteiger partial charge in [-0.05, 0) is 55.4 Å². The fourth-order valence-corrected chi connectivity index (χ4v) is 5.70. The van der Waals surface area contributed by atoms with Gasteiger partial charge >= 0.3 is 0 Å². The Kier molecular flexibility index (Phi) is 8.70. The maximum atomic E-state index is 13.0. The van der Waals surface area contributed by atoms with E-state index in [4.69, 9.17) is 0 Å². The van der Waals surface area contributed by atoms with Crippen molar-refractivity contribution >= 4 is 29.3 Å². The Labute approximate surface area is 201 Å². The van der Waals surface area contributed by atoms with Crippen LogP contribution in [0.5, 0.6) is 0 Å². The predicted octanol–water partition coefficient (Wildman–Crippen LogP) is 5.01. The van der Waals surface area contributed by atoms with Gasteiger partial charge in [-0.2, -0.15) is 0 Å². The van der Waals surface area contributed by atoms with Gasteiger partial charge in [0.25, 0.3) is 5.91 Å². The van der Waals surface area contributed by atoms with E-state index in [1.807, 2.05) is 30.3 Å². The highest BCUT2D eigenvalue weighted by Crippen LogP contribution is 2.26. The number of rotatable bonds is 9. The third-order valence-electron chi connectivity index (χ3n) is 6.68. The van der Waals surface area contributed by atoms with E-state index >= 15 is 0 Å². The van der Waals surface area contributed by atoms with Gasteiger partial charge in [0, 0.05) is 36.8 Å². The summed E-state index contributed by atoms with van der Waals surface area (Å²) in [7, 11) is 0. The van der Waals surface area contributed by atoms with Crippen LogP contribution in [0.4, 0.5) is 5.69 Å². The summed E-state index contributed by atoms with van der Waals surface area (Å²) in [5, 5.41) is 6.18. The van der Waals surface area contributed by atoms with Crippen molar-refractivity contribution in [1.29, 1.82) is 0 Å². The van der Waals surface area contributed by atoms with Crippen LogP contribution in [0.3, 0.4) is 0 Å². The van der Waals surface area contributed by atoms with Crippen molar-refractivity contribution in [1.82, 2.24) is 10.6 Å². The Morgan fingerprint density at radius 3 is 2.42 bits per heavy atom. The van der Waals surface area contributed by atoms with E-state index in [-0.39, 0.29) is 11.8 Å². The van der Waals surface area contributed by atoms with E-state index in [9.17, 15) is 9.59 Å². The Morgan fingerprint density at radius 2 is 1.61 bits per heavy atom. The first kappa shape index (κ1) is 23.7. The molecule has 176 valence electrons. The molecule has 33 heavy (non-hydrogen) atoms. The van der Waals surface area contributed by atoms with E-state index < -0.39 is 0 Å². The van der Waals surface area contributed by atoms with Gasteiger partial charge in [0.15, 0.2) is 0 Å². The number of hydrogen-bond donors (Lipinski definition) is 2. The number of carbonyl (C=O) groups is 2. The molecule has 2 aliphatic rings. The molecule has 2 aromatic rings. The molecule has 0 atom stereocenters. The largest absolute Gasteiger partial charge is 0.371 e. The molecule has 5 nitrogen and oxygen atoms in total. The third-order valence-corrected chi connectivity index (χ3v) is 7.75. The SMILES string of the molecule is O=C(CSc1ccccc1C(=O)NCc1ccccc1N1CCCC1)NCC1CCCCC1.